The van der Waals surface area contributed by atoms with Crippen molar-refractivity contribution in [3.05, 3.63) is 74.9 Å². The third kappa shape index (κ3) is 3.75. The Balaban J connectivity index is 1.68. The molecule has 0 saturated heterocycles. The zero-order valence-corrected chi connectivity index (χ0v) is 16.9. The highest BCUT2D eigenvalue weighted by atomic mass is 35.5. The van der Waals surface area contributed by atoms with Gasteiger partial charge in [-0.25, -0.2) is 13.8 Å². The van der Waals surface area contributed by atoms with Crippen molar-refractivity contribution in [2.24, 2.45) is 0 Å². The fourth-order valence-electron chi connectivity index (χ4n) is 3.41. The third-order valence-corrected chi connectivity index (χ3v) is 5.62. The SMILES string of the molecule is C[C@@H](Oc1cc(-c2cc(F)c3c(c2)CNC3)cnc1N)c1c(Cl)ccc(F)c1Cl. The van der Waals surface area contributed by atoms with E-state index in [2.05, 4.69) is 10.3 Å². The molecule has 4 nitrogen and oxygen atoms in total. The lowest BCUT2D eigenvalue weighted by Crippen LogP contribution is -2.08. The summed E-state index contributed by atoms with van der Waals surface area (Å²) in [5.41, 5.74) is 9.17. The second kappa shape index (κ2) is 7.78. The molecule has 0 saturated carbocycles. The molecule has 1 aliphatic rings. The molecule has 29 heavy (non-hydrogen) atoms. The van der Waals surface area contributed by atoms with Gasteiger partial charge in [0.05, 0.1) is 5.02 Å². The molecule has 1 aromatic heterocycles. The summed E-state index contributed by atoms with van der Waals surface area (Å²) in [4.78, 5) is 4.16. The summed E-state index contributed by atoms with van der Waals surface area (Å²) in [6, 6.07) is 7.65. The second-order valence-electron chi connectivity index (χ2n) is 6.82. The van der Waals surface area contributed by atoms with Crippen LogP contribution in [0.5, 0.6) is 5.75 Å². The van der Waals surface area contributed by atoms with Crippen molar-refractivity contribution in [3.8, 4) is 16.9 Å². The van der Waals surface area contributed by atoms with Gasteiger partial charge in [0, 0.05) is 41.0 Å². The number of fused-ring (bicyclic) bond motifs is 1. The van der Waals surface area contributed by atoms with E-state index in [1.165, 1.54) is 18.2 Å². The van der Waals surface area contributed by atoms with Gasteiger partial charge in [-0.05, 0) is 48.4 Å². The molecule has 0 radical (unpaired) electrons. The lowest BCUT2D eigenvalue weighted by molar-refractivity contribution is 0.227. The highest BCUT2D eigenvalue weighted by Crippen LogP contribution is 2.37. The monoisotopic (exact) mass is 435 g/mol. The molecule has 8 heteroatoms. The Bertz CT molecular complexity index is 1110. The molecule has 1 aliphatic heterocycles. The number of ether oxygens (including phenoxy) is 1. The van der Waals surface area contributed by atoms with E-state index in [0.717, 1.165) is 5.56 Å². The van der Waals surface area contributed by atoms with Crippen molar-refractivity contribution in [1.82, 2.24) is 10.3 Å². The second-order valence-corrected chi connectivity index (χ2v) is 7.61. The largest absolute Gasteiger partial charge is 0.482 e. The number of aromatic nitrogens is 1. The van der Waals surface area contributed by atoms with E-state index in [4.69, 9.17) is 33.7 Å². The predicted molar refractivity (Wildman–Crippen MR) is 110 cm³/mol. The fraction of sp³-hybridized carbons (Fsp3) is 0.190. The normalized spacial score (nSPS) is 14.0. The van der Waals surface area contributed by atoms with Gasteiger partial charge in [-0.3, -0.25) is 0 Å². The molecule has 0 amide bonds. The van der Waals surface area contributed by atoms with Crippen molar-refractivity contribution in [1.29, 1.82) is 0 Å². The standard InChI is InChI=1S/C21H17Cl2F2N3O/c1-10(19-15(22)2-3-16(24)20(19)23)29-18-6-12(8-28-21(18)26)11-4-13-7-27-9-14(13)17(25)5-11/h2-6,8,10,27H,7,9H2,1H3,(H2,26,28)/t10-/m1/s1. The van der Waals surface area contributed by atoms with Crippen LogP contribution in [0.1, 0.15) is 29.7 Å². The smallest absolute Gasteiger partial charge is 0.166 e. The Hall–Kier alpha value is -2.41. The summed E-state index contributed by atoms with van der Waals surface area (Å²) in [6.07, 6.45) is 0.865. The highest BCUT2D eigenvalue weighted by Gasteiger charge is 2.21. The van der Waals surface area contributed by atoms with Gasteiger partial charge in [-0.15, -0.1) is 0 Å². The Morgan fingerprint density at radius 1 is 1.10 bits per heavy atom. The number of nitrogens with two attached hydrogens (primary N) is 1. The number of hydrogen-bond acceptors (Lipinski definition) is 4. The van der Waals surface area contributed by atoms with E-state index in [1.807, 2.05) is 6.07 Å². The highest BCUT2D eigenvalue weighted by molar-refractivity contribution is 6.36. The van der Waals surface area contributed by atoms with Crippen molar-refractivity contribution in [2.45, 2.75) is 26.1 Å². The molecule has 150 valence electrons. The maximum atomic E-state index is 14.4. The van der Waals surface area contributed by atoms with Crippen LogP contribution in [0.15, 0.2) is 36.5 Å². The van der Waals surface area contributed by atoms with E-state index in [9.17, 15) is 8.78 Å². The summed E-state index contributed by atoms with van der Waals surface area (Å²) in [7, 11) is 0. The summed E-state index contributed by atoms with van der Waals surface area (Å²) < 4.78 is 34.1. The first kappa shape index (κ1) is 19.9. The van der Waals surface area contributed by atoms with Crippen LogP contribution >= 0.6 is 23.2 Å². The Morgan fingerprint density at radius 3 is 2.69 bits per heavy atom. The summed E-state index contributed by atoms with van der Waals surface area (Å²) in [5, 5.41) is 3.30. The number of halogens is 4. The van der Waals surface area contributed by atoms with Crippen LogP contribution in [-0.2, 0) is 13.1 Å². The summed E-state index contributed by atoms with van der Waals surface area (Å²) >= 11 is 12.2. The number of benzene rings is 2. The number of hydrogen-bond donors (Lipinski definition) is 2. The van der Waals surface area contributed by atoms with Crippen LogP contribution in [0.25, 0.3) is 11.1 Å². The maximum Gasteiger partial charge on any atom is 0.166 e. The number of nitrogens with one attached hydrogen (secondary N) is 1. The van der Waals surface area contributed by atoms with E-state index in [-0.39, 0.29) is 27.4 Å². The van der Waals surface area contributed by atoms with Gasteiger partial charge >= 0.3 is 0 Å². The van der Waals surface area contributed by atoms with E-state index >= 15 is 0 Å². The first-order chi connectivity index (χ1) is 13.8. The van der Waals surface area contributed by atoms with Crippen molar-refractivity contribution >= 4 is 29.0 Å². The van der Waals surface area contributed by atoms with Gasteiger partial charge in [0.1, 0.15) is 17.7 Å². The third-order valence-electron chi connectivity index (χ3n) is 4.91. The minimum atomic E-state index is -0.689. The van der Waals surface area contributed by atoms with E-state index in [1.54, 1.807) is 19.2 Å². The number of nitrogens with zero attached hydrogens (tertiary/aromatic N) is 1. The van der Waals surface area contributed by atoms with Crippen molar-refractivity contribution in [3.63, 3.8) is 0 Å². The first-order valence-corrected chi connectivity index (χ1v) is 9.68. The maximum absolute atomic E-state index is 14.4. The number of nitrogen functional groups attached to an aromatic ring is 1. The molecular formula is C21H17Cl2F2N3O. The van der Waals surface area contributed by atoms with Gasteiger partial charge < -0.3 is 15.8 Å². The molecule has 4 rings (SSSR count). The predicted octanol–water partition coefficient (Wildman–Crippen LogP) is 5.66. The minimum absolute atomic E-state index is 0.110. The van der Waals surface area contributed by atoms with Gasteiger partial charge in [-0.2, -0.15) is 0 Å². The van der Waals surface area contributed by atoms with Gasteiger partial charge in [0.15, 0.2) is 11.6 Å². The van der Waals surface area contributed by atoms with Crippen LogP contribution < -0.4 is 15.8 Å². The average Bonchev–Trinajstić information content (AvgIpc) is 3.16. The molecule has 0 spiro atoms. The number of pyridine rings is 1. The number of anilines is 1. The molecule has 0 unspecified atom stereocenters. The molecule has 3 N–H and O–H groups in total. The molecule has 2 heterocycles. The molecule has 0 bridgehead atoms. The molecule has 1 atom stereocenters. The van der Waals surface area contributed by atoms with Crippen LogP contribution in [0.4, 0.5) is 14.6 Å². The first-order valence-electron chi connectivity index (χ1n) is 8.93. The fourth-order valence-corrected chi connectivity index (χ4v) is 4.09. The Kier molecular flexibility index (Phi) is 5.34. The molecule has 0 aliphatic carbocycles. The minimum Gasteiger partial charge on any atom is -0.482 e. The zero-order chi connectivity index (χ0) is 20.7. The van der Waals surface area contributed by atoms with Crippen LogP contribution in [0, 0.1) is 11.6 Å². The lowest BCUT2D eigenvalue weighted by atomic mass is 10.0. The van der Waals surface area contributed by atoms with Crippen molar-refractivity contribution in [2.75, 3.05) is 5.73 Å². The Labute approximate surface area is 176 Å². The average molecular weight is 436 g/mol. The van der Waals surface area contributed by atoms with Crippen molar-refractivity contribution < 1.29 is 13.5 Å². The van der Waals surface area contributed by atoms with E-state index in [0.29, 0.717) is 35.3 Å². The van der Waals surface area contributed by atoms with Gasteiger partial charge in [-0.1, -0.05) is 23.2 Å². The van der Waals surface area contributed by atoms with Crippen LogP contribution in [0.2, 0.25) is 10.0 Å². The molecule has 2 aromatic carbocycles. The summed E-state index contributed by atoms with van der Waals surface area (Å²) in [5.74, 6) is -0.449. The zero-order valence-electron chi connectivity index (χ0n) is 15.4. The number of rotatable bonds is 4. The van der Waals surface area contributed by atoms with Crippen LogP contribution in [-0.4, -0.2) is 4.98 Å². The molecule has 0 fully saturated rings. The quantitative estimate of drug-likeness (QED) is 0.519. The van der Waals surface area contributed by atoms with Crippen LogP contribution in [0.3, 0.4) is 0 Å². The van der Waals surface area contributed by atoms with Gasteiger partial charge in [0.25, 0.3) is 0 Å². The molecular weight excluding hydrogens is 419 g/mol. The lowest BCUT2D eigenvalue weighted by Gasteiger charge is -2.19. The topological polar surface area (TPSA) is 60.2 Å². The summed E-state index contributed by atoms with van der Waals surface area (Å²) in [6.45, 7) is 2.81. The van der Waals surface area contributed by atoms with Gasteiger partial charge in [0.2, 0.25) is 0 Å². The molecule has 3 aromatic rings. The Morgan fingerprint density at radius 2 is 1.90 bits per heavy atom. The van der Waals surface area contributed by atoms with E-state index < -0.39 is 11.9 Å².